The summed E-state index contributed by atoms with van der Waals surface area (Å²) in [5.74, 6) is -1.37. The lowest BCUT2D eigenvalue weighted by atomic mass is 10.2. The molecule has 1 aromatic carbocycles. The fourth-order valence-corrected chi connectivity index (χ4v) is 1.31. The first-order valence-corrected chi connectivity index (χ1v) is 5.86. The zero-order valence-corrected chi connectivity index (χ0v) is 11.5. The number of alkyl carbamates (subject to hydrolysis) is 1. The number of benzene rings is 1. The first kappa shape index (κ1) is 15.5. The van der Waals surface area contributed by atoms with Gasteiger partial charge in [0.15, 0.2) is 0 Å². The van der Waals surface area contributed by atoms with Gasteiger partial charge in [-0.15, -0.1) is 0 Å². The Balaban J connectivity index is 2.61. The summed E-state index contributed by atoms with van der Waals surface area (Å²) in [6.45, 7) is 5.12. The maximum Gasteiger partial charge on any atom is 0.414 e. The SMILES string of the molecule is CC(C)(C)OC(=O)NC(=N)Nc1cccc(C(=O)O)c1. The first-order chi connectivity index (χ1) is 9.17. The number of rotatable bonds is 2. The summed E-state index contributed by atoms with van der Waals surface area (Å²) in [6.07, 6.45) is -0.760. The molecule has 20 heavy (non-hydrogen) atoms. The second kappa shape index (κ2) is 6.05. The number of carbonyl (C=O) groups is 2. The van der Waals surface area contributed by atoms with E-state index in [1.54, 1.807) is 26.8 Å². The van der Waals surface area contributed by atoms with Crippen molar-refractivity contribution in [1.29, 1.82) is 5.41 Å². The number of ether oxygens (including phenoxy) is 1. The van der Waals surface area contributed by atoms with E-state index in [0.717, 1.165) is 0 Å². The molecule has 1 rings (SSSR count). The third-order valence-electron chi connectivity index (χ3n) is 2.00. The van der Waals surface area contributed by atoms with Crippen LogP contribution in [-0.4, -0.2) is 28.7 Å². The standard InChI is InChI=1S/C13H17N3O4/c1-13(2,3)20-12(19)16-11(14)15-9-6-4-5-8(7-9)10(17)18/h4-7H,1-3H3,(H,17,18)(H3,14,15,16,19). The smallest absolute Gasteiger partial charge is 0.414 e. The lowest BCUT2D eigenvalue weighted by Crippen LogP contribution is -2.39. The van der Waals surface area contributed by atoms with Gasteiger partial charge < -0.3 is 15.2 Å². The summed E-state index contributed by atoms with van der Waals surface area (Å²) in [5, 5.41) is 21.2. The maximum atomic E-state index is 11.4. The van der Waals surface area contributed by atoms with Gasteiger partial charge in [-0.25, -0.2) is 9.59 Å². The van der Waals surface area contributed by atoms with E-state index in [4.69, 9.17) is 15.3 Å². The quantitative estimate of drug-likeness (QED) is 0.490. The number of carboxylic acids is 1. The third kappa shape index (κ3) is 5.38. The number of anilines is 1. The van der Waals surface area contributed by atoms with Gasteiger partial charge in [-0.2, -0.15) is 0 Å². The molecule has 0 aliphatic carbocycles. The molecule has 1 aromatic rings. The van der Waals surface area contributed by atoms with Crippen LogP contribution in [0.2, 0.25) is 0 Å². The number of guanidine groups is 1. The van der Waals surface area contributed by atoms with Crippen LogP contribution in [0.15, 0.2) is 24.3 Å². The van der Waals surface area contributed by atoms with E-state index in [1.807, 2.05) is 0 Å². The van der Waals surface area contributed by atoms with E-state index >= 15 is 0 Å². The van der Waals surface area contributed by atoms with Gasteiger partial charge >= 0.3 is 12.1 Å². The van der Waals surface area contributed by atoms with Crippen LogP contribution < -0.4 is 10.6 Å². The van der Waals surface area contributed by atoms with Crippen LogP contribution in [0.5, 0.6) is 0 Å². The average Bonchev–Trinajstić information content (AvgIpc) is 2.25. The highest BCUT2D eigenvalue weighted by Crippen LogP contribution is 2.10. The minimum absolute atomic E-state index is 0.0834. The molecule has 0 spiro atoms. The molecule has 0 saturated heterocycles. The molecule has 0 radical (unpaired) electrons. The van der Waals surface area contributed by atoms with Gasteiger partial charge in [0.2, 0.25) is 5.96 Å². The van der Waals surface area contributed by atoms with E-state index in [1.165, 1.54) is 18.2 Å². The maximum absolute atomic E-state index is 11.4. The molecule has 7 nitrogen and oxygen atoms in total. The van der Waals surface area contributed by atoms with E-state index in [0.29, 0.717) is 5.69 Å². The van der Waals surface area contributed by atoms with Crippen molar-refractivity contribution >= 4 is 23.7 Å². The number of aromatic carboxylic acids is 1. The van der Waals surface area contributed by atoms with Gasteiger partial charge in [0.05, 0.1) is 5.56 Å². The van der Waals surface area contributed by atoms with E-state index in [-0.39, 0.29) is 11.5 Å². The molecular formula is C13H17N3O4. The Morgan fingerprint density at radius 3 is 2.50 bits per heavy atom. The van der Waals surface area contributed by atoms with Gasteiger partial charge in [-0.1, -0.05) is 6.07 Å². The van der Waals surface area contributed by atoms with Crippen LogP contribution >= 0.6 is 0 Å². The number of carboxylic acid groups (broad SMARTS) is 1. The lowest BCUT2D eigenvalue weighted by Gasteiger charge is -2.20. The second-order valence-corrected chi connectivity index (χ2v) is 5.01. The summed E-state index contributed by atoms with van der Waals surface area (Å²) < 4.78 is 4.98. The summed E-state index contributed by atoms with van der Waals surface area (Å²) in [5.41, 5.74) is -0.195. The van der Waals surface area contributed by atoms with Crippen molar-refractivity contribution in [3.05, 3.63) is 29.8 Å². The molecule has 0 aliphatic rings. The average molecular weight is 279 g/mol. The summed E-state index contributed by atoms with van der Waals surface area (Å²) in [4.78, 5) is 22.2. The number of hydrogen-bond acceptors (Lipinski definition) is 4. The molecule has 0 aliphatic heterocycles. The molecule has 0 heterocycles. The van der Waals surface area contributed by atoms with Gasteiger partial charge in [-0.05, 0) is 39.0 Å². The fraction of sp³-hybridized carbons (Fsp3) is 0.308. The largest absolute Gasteiger partial charge is 0.478 e. The molecule has 7 heteroatoms. The summed E-state index contributed by atoms with van der Waals surface area (Å²) in [6, 6.07) is 5.90. The molecule has 0 bridgehead atoms. The number of carbonyl (C=O) groups excluding carboxylic acids is 1. The lowest BCUT2D eigenvalue weighted by molar-refractivity contribution is 0.0562. The van der Waals surface area contributed by atoms with Crippen LogP contribution in [0.4, 0.5) is 10.5 Å². The molecule has 0 atom stereocenters. The van der Waals surface area contributed by atoms with Crippen molar-refractivity contribution in [3.63, 3.8) is 0 Å². The van der Waals surface area contributed by atoms with Crippen LogP contribution in [0, 0.1) is 5.41 Å². The Bertz CT molecular complexity index is 535. The zero-order valence-electron chi connectivity index (χ0n) is 11.5. The van der Waals surface area contributed by atoms with Crippen LogP contribution in [0.3, 0.4) is 0 Å². The summed E-state index contributed by atoms with van der Waals surface area (Å²) in [7, 11) is 0. The topological polar surface area (TPSA) is 112 Å². The normalized spacial score (nSPS) is 10.6. The fourth-order valence-electron chi connectivity index (χ4n) is 1.31. The van der Waals surface area contributed by atoms with Crippen LogP contribution in [0.1, 0.15) is 31.1 Å². The predicted octanol–water partition coefficient (Wildman–Crippen LogP) is 2.26. The Labute approximate surface area is 116 Å². The third-order valence-corrected chi connectivity index (χ3v) is 2.00. The van der Waals surface area contributed by atoms with Crippen molar-refractivity contribution in [2.45, 2.75) is 26.4 Å². The molecule has 0 aromatic heterocycles. The Kier molecular flexibility index (Phi) is 4.68. The minimum Gasteiger partial charge on any atom is -0.478 e. The highest BCUT2D eigenvalue weighted by Gasteiger charge is 2.17. The van der Waals surface area contributed by atoms with Crippen molar-refractivity contribution in [2.75, 3.05) is 5.32 Å². The molecule has 0 unspecified atom stereocenters. The van der Waals surface area contributed by atoms with Crippen molar-refractivity contribution < 1.29 is 19.4 Å². The molecule has 0 fully saturated rings. The number of nitrogens with one attached hydrogen (secondary N) is 3. The molecular weight excluding hydrogens is 262 g/mol. The Hall–Kier alpha value is -2.57. The van der Waals surface area contributed by atoms with Crippen molar-refractivity contribution in [3.8, 4) is 0 Å². The monoisotopic (exact) mass is 279 g/mol. The molecule has 0 saturated carbocycles. The molecule has 1 amide bonds. The van der Waals surface area contributed by atoms with Crippen LogP contribution in [0.25, 0.3) is 0 Å². The number of hydrogen-bond donors (Lipinski definition) is 4. The van der Waals surface area contributed by atoms with E-state index in [9.17, 15) is 9.59 Å². The van der Waals surface area contributed by atoms with Gasteiger partial charge in [0, 0.05) is 5.69 Å². The van der Waals surface area contributed by atoms with Gasteiger partial charge in [0.1, 0.15) is 5.60 Å². The summed E-state index contributed by atoms with van der Waals surface area (Å²) >= 11 is 0. The molecule has 108 valence electrons. The minimum atomic E-state index is -1.07. The van der Waals surface area contributed by atoms with E-state index in [2.05, 4.69) is 10.6 Å². The van der Waals surface area contributed by atoms with Crippen molar-refractivity contribution in [2.24, 2.45) is 0 Å². The van der Waals surface area contributed by atoms with Gasteiger partial charge in [-0.3, -0.25) is 10.7 Å². The van der Waals surface area contributed by atoms with Crippen LogP contribution in [-0.2, 0) is 4.74 Å². The second-order valence-electron chi connectivity index (χ2n) is 5.01. The number of amides is 1. The molecule has 4 N–H and O–H groups in total. The Morgan fingerprint density at radius 1 is 1.30 bits per heavy atom. The highest BCUT2D eigenvalue weighted by molar-refractivity contribution is 6.01. The van der Waals surface area contributed by atoms with Gasteiger partial charge in [0.25, 0.3) is 0 Å². The van der Waals surface area contributed by atoms with Crippen molar-refractivity contribution in [1.82, 2.24) is 5.32 Å². The zero-order chi connectivity index (χ0) is 15.3. The highest BCUT2D eigenvalue weighted by atomic mass is 16.6. The predicted molar refractivity (Wildman–Crippen MR) is 74.1 cm³/mol. The first-order valence-electron chi connectivity index (χ1n) is 5.86. The Morgan fingerprint density at radius 2 is 1.95 bits per heavy atom. The van der Waals surface area contributed by atoms with E-state index < -0.39 is 17.7 Å².